The zero-order valence-corrected chi connectivity index (χ0v) is 12.0. The second-order valence-corrected chi connectivity index (χ2v) is 5.28. The van der Waals surface area contributed by atoms with Crippen LogP contribution in [0, 0.1) is 5.82 Å². The van der Waals surface area contributed by atoms with Gasteiger partial charge in [-0.2, -0.15) is 5.10 Å². The summed E-state index contributed by atoms with van der Waals surface area (Å²) in [4.78, 5) is 0. The molecule has 3 rings (SSSR count). The van der Waals surface area contributed by atoms with Gasteiger partial charge < -0.3 is 5.73 Å². The fourth-order valence-corrected chi connectivity index (χ4v) is 2.75. The lowest BCUT2D eigenvalue weighted by Crippen LogP contribution is -2.15. The molecule has 1 unspecified atom stereocenters. The first-order chi connectivity index (χ1) is 10.2. The summed E-state index contributed by atoms with van der Waals surface area (Å²) >= 11 is 0. The molecule has 21 heavy (non-hydrogen) atoms. The zero-order valence-electron chi connectivity index (χ0n) is 12.0. The summed E-state index contributed by atoms with van der Waals surface area (Å²) in [7, 11) is 1.95. The van der Waals surface area contributed by atoms with Gasteiger partial charge in [0, 0.05) is 24.8 Å². The molecule has 3 aromatic rings. The van der Waals surface area contributed by atoms with Crippen LogP contribution in [0.25, 0.3) is 10.9 Å². The molecule has 2 aromatic carbocycles. The lowest BCUT2D eigenvalue weighted by atomic mass is 9.93. The van der Waals surface area contributed by atoms with Crippen LogP contribution in [-0.4, -0.2) is 16.3 Å². The van der Waals surface area contributed by atoms with Crippen LogP contribution < -0.4 is 5.73 Å². The summed E-state index contributed by atoms with van der Waals surface area (Å²) in [6.07, 6.45) is 0.753. The molecule has 0 spiro atoms. The normalized spacial score (nSPS) is 12.7. The topological polar surface area (TPSA) is 43.8 Å². The number of aromatic nitrogens is 2. The number of nitrogens with two attached hydrogens (primary N) is 1. The maximum absolute atomic E-state index is 13.0. The average Bonchev–Trinajstić information content (AvgIpc) is 2.83. The smallest absolute Gasteiger partial charge is 0.123 e. The summed E-state index contributed by atoms with van der Waals surface area (Å²) < 4.78 is 14.9. The van der Waals surface area contributed by atoms with Crippen molar-refractivity contribution in [3.05, 3.63) is 65.6 Å². The van der Waals surface area contributed by atoms with E-state index in [4.69, 9.17) is 5.73 Å². The molecule has 0 aliphatic carbocycles. The standard InChI is InChI=1S/C17H18FN3/c1-21-17-5-3-2-4-15(17)16(20-21)10-13(11-19)12-6-8-14(18)9-7-12/h2-9,13H,10-11,19H2,1H3. The Hall–Kier alpha value is -2.20. The third kappa shape index (κ3) is 2.67. The highest BCUT2D eigenvalue weighted by Crippen LogP contribution is 2.25. The molecular weight excluding hydrogens is 265 g/mol. The number of aryl methyl sites for hydroxylation is 1. The highest BCUT2D eigenvalue weighted by Gasteiger charge is 2.15. The Bertz CT molecular complexity index is 746. The Morgan fingerprint density at radius 1 is 1.14 bits per heavy atom. The minimum Gasteiger partial charge on any atom is -0.330 e. The number of benzene rings is 2. The predicted molar refractivity (Wildman–Crippen MR) is 82.6 cm³/mol. The van der Waals surface area contributed by atoms with Crippen LogP contribution in [0.5, 0.6) is 0 Å². The SMILES string of the molecule is Cn1nc(CC(CN)c2ccc(F)cc2)c2ccccc21. The van der Waals surface area contributed by atoms with Gasteiger partial charge in [-0.25, -0.2) is 4.39 Å². The van der Waals surface area contributed by atoms with Gasteiger partial charge in [0.2, 0.25) is 0 Å². The molecule has 1 aromatic heterocycles. The Morgan fingerprint density at radius 3 is 2.57 bits per heavy atom. The number of para-hydroxylation sites is 1. The van der Waals surface area contributed by atoms with E-state index in [0.717, 1.165) is 28.6 Å². The maximum atomic E-state index is 13.0. The second-order valence-electron chi connectivity index (χ2n) is 5.28. The van der Waals surface area contributed by atoms with Gasteiger partial charge in [0.25, 0.3) is 0 Å². The van der Waals surface area contributed by atoms with Crippen LogP contribution >= 0.6 is 0 Å². The summed E-state index contributed by atoms with van der Waals surface area (Å²) in [5, 5.41) is 5.76. The van der Waals surface area contributed by atoms with Gasteiger partial charge in [0.1, 0.15) is 5.82 Å². The number of hydrogen-bond acceptors (Lipinski definition) is 2. The minimum absolute atomic E-state index is 0.143. The van der Waals surface area contributed by atoms with Crippen LogP contribution in [-0.2, 0) is 13.5 Å². The largest absolute Gasteiger partial charge is 0.330 e. The van der Waals surface area contributed by atoms with Gasteiger partial charge in [-0.05, 0) is 30.3 Å². The molecule has 4 heteroatoms. The summed E-state index contributed by atoms with van der Waals surface area (Å²) in [5.41, 5.74) is 9.11. The molecule has 0 fully saturated rings. The summed E-state index contributed by atoms with van der Waals surface area (Å²) in [5.74, 6) is -0.0817. The molecule has 1 heterocycles. The fourth-order valence-electron chi connectivity index (χ4n) is 2.75. The van der Waals surface area contributed by atoms with E-state index in [1.54, 1.807) is 12.1 Å². The van der Waals surface area contributed by atoms with E-state index in [0.29, 0.717) is 6.54 Å². The number of rotatable bonds is 4. The second kappa shape index (κ2) is 5.66. The lowest BCUT2D eigenvalue weighted by molar-refractivity contribution is 0.622. The fraction of sp³-hybridized carbons (Fsp3) is 0.235. The first kappa shape index (κ1) is 13.8. The van der Waals surface area contributed by atoms with Crippen LogP contribution in [0.3, 0.4) is 0 Å². The van der Waals surface area contributed by atoms with Crippen molar-refractivity contribution in [3.63, 3.8) is 0 Å². The van der Waals surface area contributed by atoms with E-state index in [2.05, 4.69) is 17.2 Å². The molecule has 0 bridgehead atoms. The maximum Gasteiger partial charge on any atom is 0.123 e. The molecule has 0 radical (unpaired) electrons. The van der Waals surface area contributed by atoms with Crippen LogP contribution in [0.1, 0.15) is 17.2 Å². The van der Waals surface area contributed by atoms with E-state index in [9.17, 15) is 4.39 Å². The third-order valence-corrected chi connectivity index (χ3v) is 3.90. The van der Waals surface area contributed by atoms with Crippen LogP contribution in [0.2, 0.25) is 0 Å². The van der Waals surface area contributed by atoms with E-state index < -0.39 is 0 Å². The van der Waals surface area contributed by atoms with Crippen molar-refractivity contribution in [2.75, 3.05) is 6.54 Å². The molecule has 0 aliphatic heterocycles. The molecule has 0 saturated heterocycles. The van der Waals surface area contributed by atoms with Crippen molar-refractivity contribution in [3.8, 4) is 0 Å². The molecule has 3 nitrogen and oxygen atoms in total. The Kier molecular flexibility index (Phi) is 3.71. The highest BCUT2D eigenvalue weighted by molar-refractivity contribution is 5.81. The van der Waals surface area contributed by atoms with Gasteiger partial charge in [-0.15, -0.1) is 0 Å². The van der Waals surface area contributed by atoms with Gasteiger partial charge in [-0.1, -0.05) is 30.3 Å². The quantitative estimate of drug-likeness (QED) is 0.800. The Labute approximate surface area is 123 Å². The molecule has 108 valence electrons. The van der Waals surface area contributed by atoms with Crippen molar-refractivity contribution in [1.82, 2.24) is 9.78 Å². The molecule has 0 saturated carbocycles. The van der Waals surface area contributed by atoms with E-state index in [1.165, 1.54) is 12.1 Å². The molecule has 1 atom stereocenters. The number of nitrogens with zero attached hydrogens (tertiary/aromatic N) is 2. The molecule has 0 amide bonds. The van der Waals surface area contributed by atoms with Gasteiger partial charge in [-0.3, -0.25) is 4.68 Å². The first-order valence-electron chi connectivity index (χ1n) is 7.05. The van der Waals surface area contributed by atoms with Gasteiger partial charge in [0.15, 0.2) is 0 Å². The number of fused-ring (bicyclic) bond motifs is 1. The highest BCUT2D eigenvalue weighted by atomic mass is 19.1. The molecular formula is C17H18FN3. The monoisotopic (exact) mass is 283 g/mol. The van der Waals surface area contributed by atoms with Crippen LogP contribution in [0.15, 0.2) is 48.5 Å². The average molecular weight is 283 g/mol. The van der Waals surface area contributed by atoms with E-state index in [1.807, 2.05) is 23.9 Å². The minimum atomic E-state index is -0.224. The van der Waals surface area contributed by atoms with Crippen molar-refractivity contribution < 1.29 is 4.39 Å². The van der Waals surface area contributed by atoms with E-state index in [-0.39, 0.29) is 11.7 Å². The number of hydrogen-bond donors (Lipinski definition) is 1. The molecule has 0 aliphatic rings. The zero-order chi connectivity index (χ0) is 14.8. The van der Waals surface area contributed by atoms with Crippen molar-refractivity contribution >= 4 is 10.9 Å². The van der Waals surface area contributed by atoms with E-state index >= 15 is 0 Å². The lowest BCUT2D eigenvalue weighted by Gasteiger charge is -2.14. The molecule has 2 N–H and O–H groups in total. The van der Waals surface area contributed by atoms with Gasteiger partial charge in [0.05, 0.1) is 11.2 Å². The number of halogens is 1. The Balaban J connectivity index is 1.94. The summed E-state index contributed by atoms with van der Waals surface area (Å²) in [6, 6.07) is 14.7. The van der Waals surface area contributed by atoms with Gasteiger partial charge >= 0.3 is 0 Å². The van der Waals surface area contributed by atoms with Crippen molar-refractivity contribution in [2.24, 2.45) is 12.8 Å². The summed E-state index contributed by atoms with van der Waals surface area (Å²) in [6.45, 7) is 0.510. The van der Waals surface area contributed by atoms with Crippen molar-refractivity contribution in [1.29, 1.82) is 0 Å². The Morgan fingerprint density at radius 2 is 1.86 bits per heavy atom. The predicted octanol–water partition coefficient (Wildman–Crippen LogP) is 3.00. The van der Waals surface area contributed by atoms with Crippen LogP contribution in [0.4, 0.5) is 4.39 Å². The first-order valence-corrected chi connectivity index (χ1v) is 7.05. The third-order valence-electron chi connectivity index (χ3n) is 3.90. The van der Waals surface area contributed by atoms with Crippen molar-refractivity contribution in [2.45, 2.75) is 12.3 Å².